The zero-order chi connectivity index (χ0) is 22.7. The molecule has 0 bridgehead atoms. The van der Waals surface area contributed by atoms with E-state index in [2.05, 4.69) is 41.3 Å². The Morgan fingerprint density at radius 1 is 0.938 bits per heavy atom. The highest BCUT2D eigenvalue weighted by Crippen LogP contribution is 2.26. The summed E-state index contributed by atoms with van der Waals surface area (Å²) in [5.74, 6) is -0.223. The number of rotatable bonds is 6. The van der Waals surface area contributed by atoms with Crippen LogP contribution in [0.2, 0.25) is 0 Å². The van der Waals surface area contributed by atoms with Crippen molar-refractivity contribution in [3.63, 3.8) is 0 Å². The zero-order valence-corrected chi connectivity index (χ0v) is 19.6. The van der Waals surface area contributed by atoms with Crippen molar-refractivity contribution in [2.24, 2.45) is 5.92 Å². The number of piperidine rings is 1. The Kier molecular flexibility index (Phi) is 6.83. The van der Waals surface area contributed by atoms with Crippen molar-refractivity contribution < 1.29 is 13.2 Å². The van der Waals surface area contributed by atoms with Crippen LogP contribution >= 0.6 is 0 Å². The molecule has 2 heterocycles. The predicted molar refractivity (Wildman–Crippen MR) is 127 cm³/mol. The van der Waals surface area contributed by atoms with E-state index in [1.165, 1.54) is 9.99 Å². The highest BCUT2D eigenvalue weighted by atomic mass is 32.2. The van der Waals surface area contributed by atoms with Crippen molar-refractivity contribution in [2.45, 2.75) is 30.2 Å². The van der Waals surface area contributed by atoms with Crippen LogP contribution < -0.4 is 10.2 Å². The maximum absolute atomic E-state index is 12.8. The Morgan fingerprint density at radius 3 is 2.19 bits per heavy atom. The molecule has 1 amide bonds. The number of sulfonamides is 1. The average Bonchev–Trinajstić information content (AvgIpc) is 3.31. The number of hydrogen-bond donors (Lipinski definition) is 1. The Labute approximate surface area is 191 Å². The predicted octanol–water partition coefficient (Wildman–Crippen LogP) is 2.87. The molecule has 0 spiro atoms. The van der Waals surface area contributed by atoms with Gasteiger partial charge in [0.1, 0.15) is 0 Å². The molecule has 7 nitrogen and oxygen atoms in total. The van der Waals surface area contributed by atoms with Crippen LogP contribution in [-0.4, -0.2) is 69.8 Å². The van der Waals surface area contributed by atoms with Gasteiger partial charge in [-0.15, -0.1) is 0 Å². The van der Waals surface area contributed by atoms with Gasteiger partial charge in [0.15, 0.2) is 0 Å². The van der Waals surface area contributed by atoms with Crippen LogP contribution in [0.1, 0.15) is 19.3 Å². The minimum atomic E-state index is -3.50. The summed E-state index contributed by atoms with van der Waals surface area (Å²) >= 11 is 0. The first-order chi connectivity index (χ1) is 15.3. The lowest BCUT2D eigenvalue weighted by Gasteiger charge is -2.30. The van der Waals surface area contributed by atoms with E-state index in [0.29, 0.717) is 36.9 Å². The highest BCUT2D eigenvalue weighted by Gasteiger charge is 2.32. The number of anilines is 2. The fourth-order valence-electron chi connectivity index (χ4n) is 4.50. The van der Waals surface area contributed by atoms with Crippen LogP contribution in [0.5, 0.6) is 0 Å². The second-order valence-corrected chi connectivity index (χ2v) is 10.8. The quantitative estimate of drug-likeness (QED) is 0.724. The molecule has 2 aromatic carbocycles. The van der Waals surface area contributed by atoms with Crippen LogP contribution in [0.25, 0.3) is 0 Å². The smallest absolute Gasteiger partial charge is 0.243 e. The van der Waals surface area contributed by atoms with Gasteiger partial charge >= 0.3 is 0 Å². The number of carbonyl (C=O) groups is 1. The molecule has 172 valence electrons. The third-order valence-corrected chi connectivity index (χ3v) is 8.51. The normalized spacial score (nSPS) is 20.6. The number of nitrogens with one attached hydrogen (secondary N) is 1. The van der Waals surface area contributed by atoms with Gasteiger partial charge in [0.25, 0.3) is 0 Å². The Balaban J connectivity index is 1.30. The van der Waals surface area contributed by atoms with E-state index in [1.54, 1.807) is 30.3 Å². The first kappa shape index (κ1) is 22.8. The van der Waals surface area contributed by atoms with Crippen molar-refractivity contribution in [3.8, 4) is 0 Å². The van der Waals surface area contributed by atoms with E-state index in [4.69, 9.17) is 0 Å². The van der Waals surface area contributed by atoms with Crippen molar-refractivity contribution in [2.75, 3.05) is 50.5 Å². The highest BCUT2D eigenvalue weighted by molar-refractivity contribution is 7.89. The van der Waals surface area contributed by atoms with Gasteiger partial charge in [0, 0.05) is 49.5 Å². The minimum Gasteiger partial charge on any atom is -0.370 e. The van der Waals surface area contributed by atoms with Gasteiger partial charge in [0.2, 0.25) is 15.9 Å². The standard InChI is InChI=1S/C24H32N4O3S/c1-26(2)22-14-15-27(18-22)21-10-8-20(9-11-21)25-24(29)19-12-16-28(17-13-19)32(30,31)23-6-4-3-5-7-23/h3-11,19,22H,12-18H2,1-2H3,(H,25,29). The van der Waals surface area contributed by atoms with Crippen LogP contribution in [0.4, 0.5) is 11.4 Å². The molecule has 2 fully saturated rings. The Morgan fingerprint density at radius 2 is 1.59 bits per heavy atom. The molecule has 2 aliphatic heterocycles. The van der Waals surface area contributed by atoms with E-state index in [0.717, 1.165) is 25.2 Å². The number of hydrogen-bond acceptors (Lipinski definition) is 5. The van der Waals surface area contributed by atoms with Gasteiger partial charge in [-0.1, -0.05) is 18.2 Å². The van der Waals surface area contributed by atoms with Crippen molar-refractivity contribution in [1.82, 2.24) is 9.21 Å². The number of amides is 1. The maximum Gasteiger partial charge on any atom is 0.243 e. The summed E-state index contributed by atoms with van der Waals surface area (Å²) in [5.41, 5.74) is 1.95. The second-order valence-electron chi connectivity index (χ2n) is 8.88. The van der Waals surface area contributed by atoms with Crippen LogP contribution in [0, 0.1) is 5.92 Å². The lowest BCUT2D eigenvalue weighted by atomic mass is 9.97. The zero-order valence-electron chi connectivity index (χ0n) is 18.8. The molecule has 2 aromatic rings. The summed E-state index contributed by atoms with van der Waals surface area (Å²) in [6, 6.07) is 17.1. The Bertz CT molecular complexity index is 1020. The number of benzene rings is 2. The summed E-state index contributed by atoms with van der Waals surface area (Å²) < 4.78 is 27.0. The molecular weight excluding hydrogens is 424 g/mol. The average molecular weight is 457 g/mol. The van der Waals surface area contributed by atoms with Gasteiger partial charge < -0.3 is 15.1 Å². The molecule has 4 rings (SSSR count). The molecule has 1 atom stereocenters. The Hall–Kier alpha value is -2.42. The third-order valence-electron chi connectivity index (χ3n) is 6.60. The van der Waals surface area contributed by atoms with Gasteiger partial charge in [0.05, 0.1) is 4.90 Å². The van der Waals surface area contributed by atoms with Gasteiger partial charge in [-0.2, -0.15) is 4.31 Å². The fraction of sp³-hybridized carbons (Fsp3) is 0.458. The van der Waals surface area contributed by atoms with Gasteiger partial charge in [-0.3, -0.25) is 4.79 Å². The van der Waals surface area contributed by atoms with E-state index < -0.39 is 10.0 Å². The largest absolute Gasteiger partial charge is 0.370 e. The monoisotopic (exact) mass is 456 g/mol. The number of nitrogens with zero attached hydrogens (tertiary/aromatic N) is 3. The van der Waals surface area contributed by atoms with Gasteiger partial charge in [-0.25, -0.2) is 8.42 Å². The van der Waals surface area contributed by atoms with E-state index in [1.807, 2.05) is 12.1 Å². The summed E-state index contributed by atoms with van der Waals surface area (Å²) in [6.45, 7) is 2.77. The molecular formula is C24H32N4O3S. The summed E-state index contributed by atoms with van der Waals surface area (Å²) in [4.78, 5) is 17.7. The summed E-state index contributed by atoms with van der Waals surface area (Å²) in [6.07, 6.45) is 2.20. The lowest BCUT2D eigenvalue weighted by Crippen LogP contribution is -2.41. The van der Waals surface area contributed by atoms with Crippen molar-refractivity contribution >= 4 is 27.3 Å². The molecule has 8 heteroatoms. The minimum absolute atomic E-state index is 0.0386. The second kappa shape index (κ2) is 9.60. The van der Waals surface area contributed by atoms with Crippen LogP contribution in [0.15, 0.2) is 59.5 Å². The van der Waals surface area contributed by atoms with Crippen LogP contribution in [-0.2, 0) is 14.8 Å². The molecule has 2 saturated heterocycles. The lowest BCUT2D eigenvalue weighted by molar-refractivity contribution is -0.120. The van der Waals surface area contributed by atoms with Crippen molar-refractivity contribution in [3.05, 3.63) is 54.6 Å². The van der Waals surface area contributed by atoms with Crippen molar-refractivity contribution in [1.29, 1.82) is 0 Å². The SMILES string of the molecule is CN(C)C1CCN(c2ccc(NC(=O)C3CCN(S(=O)(=O)c4ccccc4)CC3)cc2)C1. The van der Waals surface area contributed by atoms with E-state index in [9.17, 15) is 13.2 Å². The molecule has 0 radical (unpaired) electrons. The topological polar surface area (TPSA) is 73.0 Å². The molecule has 1 unspecified atom stereocenters. The summed E-state index contributed by atoms with van der Waals surface area (Å²) in [7, 11) is 0.740. The third kappa shape index (κ3) is 4.98. The van der Waals surface area contributed by atoms with Gasteiger partial charge in [-0.05, 0) is 69.8 Å². The maximum atomic E-state index is 12.8. The number of likely N-dealkylation sites (N-methyl/N-ethyl adjacent to an activating group) is 1. The summed E-state index contributed by atoms with van der Waals surface area (Å²) in [5, 5.41) is 3.01. The molecule has 0 aliphatic carbocycles. The molecule has 0 aromatic heterocycles. The molecule has 0 saturated carbocycles. The first-order valence-corrected chi connectivity index (χ1v) is 12.7. The first-order valence-electron chi connectivity index (χ1n) is 11.2. The molecule has 1 N–H and O–H groups in total. The van der Waals surface area contributed by atoms with E-state index in [-0.39, 0.29) is 11.8 Å². The number of carbonyl (C=O) groups excluding carboxylic acids is 1. The fourth-order valence-corrected chi connectivity index (χ4v) is 5.99. The van der Waals surface area contributed by atoms with Crippen LogP contribution in [0.3, 0.4) is 0 Å². The molecule has 2 aliphatic rings. The molecule has 32 heavy (non-hydrogen) atoms. The van der Waals surface area contributed by atoms with E-state index >= 15 is 0 Å².